The lowest BCUT2D eigenvalue weighted by molar-refractivity contribution is 0.601. The zero-order chi connectivity index (χ0) is 42.8. The molecule has 0 radical (unpaired) electrons. The van der Waals surface area contributed by atoms with E-state index in [9.17, 15) is 0 Å². The van der Waals surface area contributed by atoms with E-state index in [0.29, 0.717) is 0 Å². The van der Waals surface area contributed by atoms with Gasteiger partial charge >= 0.3 is 0 Å². The van der Waals surface area contributed by atoms with E-state index in [0.717, 1.165) is 0 Å². The van der Waals surface area contributed by atoms with Gasteiger partial charge in [-0.3, -0.25) is 0 Å². The molecule has 310 valence electrons. The maximum Gasteiger partial charge on any atom is 0.248 e. The monoisotopic (exact) mass is 824 g/mol. The van der Waals surface area contributed by atoms with Crippen LogP contribution in [0.2, 0.25) is 0 Å². The number of nitrogens with zero attached hydrogens (tertiary/aromatic N) is 2. The minimum Gasteiger partial charge on any atom is -0.311 e. The maximum absolute atomic E-state index is 2.70. The van der Waals surface area contributed by atoms with Gasteiger partial charge in [0.15, 0.2) is 0 Å². The Kier molecular flexibility index (Phi) is 8.75. The van der Waals surface area contributed by atoms with Crippen molar-refractivity contribution in [2.45, 2.75) is 91.9 Å². The summed E-state index contributed by atoms with van der Waals surface area (Å²) in [4.78, 5) is 5.24. The predicted molar refractivity (Wildman–Crippen MR) is 275 cm³/mol. The van der Waals surface area contributed by atoms with E-state index in [1.807, 2.05) is 0 Å². The Labute approximate surface area is 380 Å². The average Bonchev–Trinajstić information content (AvgIpc) is 3.32. The summed E-state index contributed by atoms with van der Waals surface area (Å²) in [5, 5.41) is 0. The van der Waals surface area contributed by atoms with Gasteiger partial charge in [0.25, 0.3) is 0 Å². The standard InChI is InChI=1S/C60H54B2N2/c1-37-21-27-43(28-22-37)63-53-19-11-17-45-57(41-13-7-5-8-14-41)47-33-39(3)25-31-49(47)61(59(45)53)51-35-52-56(36-55(51)63)64(44-29-23-38(2)24-30-44)54-20-12-18-46-58(42-15-9-6-10-16-42)48-34-40(4)26-32-50(48)62(52)60(46)54/h11-12,17-36H,5-10,13-16H2,1-4H3. The summed E-state index contributed by atoms with van der Waals surface area (Å²) in [5.41, 5.74) is 33.6. The van der Waals surface area contributed by atoms with Crippen molar-refractivity contribution in [2.24, 2.45) is 0 Å². The number of rotatable bonds is 2. The Morgan fingerprint density at radius 1 is 0.344 bits per heavy atom. The van der Waals surface area contributed by atoms with Crippen LogP contribution in [0.5, 0.6) is 0 Å². The van der Waals surface area contributed by atoms with Gasteiger partial charge in [0.1, 0.15) is 0 Å². The van der Waals surface area contributed by atoms with E-state index in [4.69, 9.17) is 0 Å². The SMILES string of the molecule is Cc1ccc(N2c3cc4c(cc3B3c5ccc(C)cc5C(=C5CCCCC5)c5cccc2c53)B2c3ccc(C)cc3C(=C3CCCCC3)c3cccc(c32)N4c2ccc(C)cc2)cc1. The highest BCUT2D eigenvalue weighted by Crippen LogP contribution is 2.47. The van der Waals surface area contributed by atoms with Gasteiger partial charge in [-0.2, -0.15) is 0 Å². The molecule has 2 aliphatic carbocycles. The van der Waals surface area contributed by atoms with Gasteiger partial charge in [-0.25, -0.2) is 0 Å². The summed E-state index contributed by atoms with van der Waals surface area (Å²) >= 11 is 0. The number of hydrogen-bond donors (Lipinski definition) is 0. The van der Waals surface area contributed by atoms with Crippen LogP contribution in [0, 0.1) is 27.7 Å². The predicted octanol–water partition coefficient (Wildman–Crippen LogP) is 11.7. The molecule has 2 fully saturated rings. The van der Waals surface area contributed by atoms with Crippen LogP contribution in [-0.2, 0) is 0 Å². The van der Waals surface area contributed by atoms with Crippen molar-refractivity contribution in [3.63, 3.8) is 0 Å². The first-order valence-electron chi connectivity index (χ1n) is 24.2. The van der Waals surface area contributed by atoms with Gasteiger partial charge in [-0.1, -0.05) is 148 Å². The van der Waals surface area contributed by atoms with Gasteiger partial charge < -0.3 is 9.80 Å². The largest absolute Gasteiger partial charge is 0.311 e. The molecule has 4 heteroatoms. The van der Waals surface area contributed by atoms with Crippen LogP contribution in [-0.4, -0.2) is 13.4 Å². The molecule has 0 atom stereocenters. The van der Waals surface area contributed by atoms with Crippen molar-refractivity contribution in [1.82, 2.24) is 0 Å². The summed E-state index contributed by atoms with van der Waals surface area (Å²) in [7, 11) is 0. The summed E-state index contributed by atoms with van der Waals surface area (Å²) in [5.74, 6) is 0. The van der Waals surface area contributed by atoms with Gasteiger partial charge in [0.2, 0.25) is 13.4 Å². The summed E-state index contributed by atoms with van der Waals surface area (Å²) in [6.07, 6.45) is 12.6. The Bertz CT molecular complexity index is 2940. The number of aryl methyl sites for hydroxylation is 4. The second-order valence-electron chi connectivity index (χ2n) is 19.9. The zero-order valence-electron chi connectivity index (χ0n) is 37.8. The molecule has 4 aliphatic heterocycles. The molecule has 0 saturated heterocycles. The molecular formula is C60H54B2N2. The van der Waals surface area contributed by atoms with Crippen molar-refractivity contribution >= 4 is 91.5 Å². The van der Waals surface area contributed by atoms with Crippen LogP contribution in [0.25, 0.3) is 11.1 Å². The van der Waals surface area contributed by atoms with Gasteiger partial charge in [-0.15, -0.1) is 0 Å². The second kappa shape index (κ2) is 14.6. The van der Waals surface area contributed by atoms with Crippen LogP contribution in [0.3, 0.4) is 0 Å². The first-order chi connectivity index (χ1) is 31.4. The molecule has 0 spiro atoms. The molecule has 13 rings (SSSR count). The van der Waals surface area contributed by atoms with Crippen LogP contribution in [0.15, 0.2) is 145 Å². The fraction of sp³-hybridized carbons (Fsp3) is 0.233. The van der Waals surface area contributed by atoms with Crippen LogP contribution in [0.1, 0.15) is 109 Å². The van der Waals surface area contributed by atoms with Gasteiger partial charge in [0.05, 0.1) is 0 Å². The normalized spacial score (nSPS) is 16.8. The number of hydrogen-bond acceptors (Lipinski definition) is 2. The topological polar surface area (TPSA) is 6.48 Å². The minimum atomic E-state index is 0.0993. The number of fused-ring (bicyclic) bond motifs is 8. The van der Waals surface area contributed by atoms with E-state index >= 15 is 0 Å². The zero-order valence-corrected chi connectivity index (χ0v) is 37.8. The minimum absolute atomic E-state index is 0.0993. The molecule has 0 aromatic heterocycles. The van der Waals surface area contributed by atoms with Gasteiger partial charge in [-0.05, 0) is 177 Å². The Morgan fingerprint density at radius 3 is 1.17 bits per heavy atom. The fourth-order valence-electron chi connectivity index (χ4n) is 12.9. The molecule has 7 aromatic carbocycles. The van der Waals surface area contributed by atoms with Crippen molar-refractivity contribution in [3.8, 4) is 0 Å². The van der Waals surface area contributed by atoms with Crippen molar-refractivity contribution in [2.75, 3.05) is 9.80 Å². The first-order valence-corrected chi connectivity index (χ1v) is 24.2. The van der Waals surface area contributed by atoms with E-state index in [1.165, 1.54) is 187 Å². The fourth-order valence-corrected chi connectivity index (χ4v) is 12.9. The molecule has 0 bridgehead atoms. The lowest BCUT2D eigenvalue weighted by Gasteiger charge is -2.45. The molecule has 0 amide bonds. The van der Waals surface area contributed by atoms with Crippen molar-refractivity contribution < 1.29 is 0 Å². The summed E-state index contributed by atoms with van der Waals surface area (Å²) in [6.45, 7) is 9.18. The molecule has 6 aliphatic rings. The third-order valence-electron chi connectivity index (χ3n) is 15.8. The molecule has 64 heavy (non-hydrogen) atoms. The second-order valence-corrected chi connectivity index (χ2v) is 19.9. The molecule has 7 aromatic rings. The third kappa shape index (κ3) is 5.67. The van der Waals surface area contributed by atoms with E-state index in [2.05, 4.69) is 171 Å². The average molecular weight is 825 g/mol. The van der Waals surface area contributed by atoms with Crippen LogP contribution >= 0.6 is 0 Å². The van der Waals surface area contributed by atoms with Crippen LogP contribution < -0.4 is 42.6 Å². The number of anilines is 6. The van der Waals surface area contributed by atoms with Gasteiger partial charge in [0, 0.05) is 34.1 Å². The van der Waals surface area contributed by atoms with E-state index in [1.54, 1.807) is 11.1 Å². The van der Waals surface area contributed by atoms with E-state index < -0.39 is 0 Å². The van der Waals surface area contributed by atoms with Crippen molar-refractivity contribution in [1.29, 1.82) is 0 Å². The first kappa shape index (κ1) is 38.2. The molecule has 0 N–H and O–H groups in total. The number of allylic oxidation sites excluding steroid dienone is 2. The van der Waals surface area contributed by atoms with E-state index in [-0.39, 0.29) is 13.4 Å². The molecule has 2 nitrogen and oxygen atoms in total. The highest BCUT2D eigenvalue weighted by Gasteiger charge is 2.47. The Balaban J connectivity index is 1.15. The highest BCUT2D eigenvalue weighted by molar-refractivity contribution is 7.02. The summed E-state index contributed by atoms with van der Waals surface area (Å²) in [6, 6.07) is 53.1. The lowest BCUT2D eigenvalue weighted by Crippen LogP contribution is -2.65. The molecular weight excluding hydrogens is 770 g/mol. The third-order valence-corrected chi connectivity index (χ3v) is 15.8. The molecule has 2 saturated carbocycles. The number of benzene rings is 7. The molecule has 0 unspecified atom stereocenters. The van der Waals surface area contributed by atoms with Crippen LogP contribution in [0.4, 0.5) is 34.1 Å². The molecule has 4 heterocycles. The Morgan fingerprint density at radius 2 is 0.750 bits per heavy atom. The quantitative estimate of drug-likeness (QED) is 0.160. The summed E-state index contributed by atoms with van der Waals surface area (Å²) < 4.78 is 0. The van der Waals surface area contributed by atoms with Crippen molar-refractivity contribution in [3.05, 3.63) is 189 Å². The smallest absolute Gasteiger partial charge is 0.248 e. The Hall–Kier alpha value is -6.25. The maximum atomic E-state index is 2.70. The highest BCUT2D eigenvalue weighted by atomic mass is 15.2. The lowest BCUT2D eigenvalue weighted by atomic mass is 9.28.